The third kappa shape index (κ3) is 4.38. The summed E-state index contributed by atoms with van der Waals surface area (Å²) in [5.41, 5.74) is 4.04. The molecule has 5 rings (SSSR count). The van der Waals surface area contributed by atoms with Crippen molar-refractivity contribution >= 4 is 33.3 Å². The van der Waals surface area contributed by atoms with Crippen molar-refractivity contribution in [1.82, 2.24) is 4.57 Å². The summed E-state index contributed by atoms with van der Waals surface area (Å²) < 4.78 is 7.48. The Bertz CT molecular complexity index is 1560. The zero-order valence-corrected chi connectivity index (χ0v) is 19.6. The minimum absolute atomic E-state index is 0.0358. The van der Waals surface area contributed by atoms with Crippen LogP contribution in [0.15, 0.2) is 95.2 Å². The summed E-state index contributed by atoms with van der Waals surface area (Å²) in [4.78, 5) is 12.4. The first-order chi connectivity index (χ1) is 17.0. The van der Waals surface area contributed by atoms with E-state index in [0.29, 0.717) is 12.3 Å². The molecule has 6 heteroatoms. The molecule has 4 aromatic carbocycles. The molecule has 0 aliphatic rings. The van der Waals surface area contributed by atoms with E-state index in [4.69, 9.17) is 4.74 Å². The Balaban J connectivity index is 1.44. The van der Waals surface area contributed by atoms with E-state index in [0.717, 1.165) is 38.4 Å². The Hall–Kier alpha value is -4.45. The first-order valence-corrected chi connectivity index (χ1v) is 11.4. The van der Waals surface area contributed by atoms with Crippen molar-refractivity contribution in [2.45, 2.75) is 20.4 Å². The quantitative estimate of drug-likeness (QED) is 0.280. The van der Waals surface area contributed by atoms with Gasteiger partial charge in [-0.05, 0) is 47.4 Å². The van der Waals surface area contributed by atoms with Gasteiger partial charge in [0.15, 0.2) is 12.3 Å². The lowest BCUT2D eigenvalue weighted by Crippen LogP contribution is -2.09. The van der Waals surface area contributed by atoms with E-state index in [2.05, 4.69) is 28.4 Å². The van der Waals surface area contributed by atoms with Crippen LogP contribution in [0.2, 0.25) is 0 Å². The number of hydrogen-bond acceptors (Lipinski definition) is 4. The second-order valence-corrected chi connectivity index (χ2v) is 8.52. The van der Waals surface area contributed by atoms with E-state index in [1.807, 2.05) is 80.6 Å². The van der Waals surface area contributed by atoms with Crippen LogP contribution in [0.3, 0.4) is 0 Å². The summed E-state index contributed by atoms with van der Waals surface area (Å²) in [5, 5.41) is 22.1. The number of aromatic hydroxyl groups is 1. The predicted molar refractivity (Wildman–Crippen MR) is 138 cm³/mol. The van der Waals surface area contributed by atoms with Gasteiger partial charge >= 0.3 is 5.91 Å². The highest BCUT2D eigenvalue weighted by atomic mass is 16.5. The Morgan fingerprint density at radius 1 is 0.857 bits per heavy atom. The molecule has 0 spiro atoms. The summed E-state index contributed by atoms with van der Waals surface area (Å²) in [6.07, 6.45) is 0. The van der Waals surface area contributed by atoms with Crippen molar-refractivity contribution in [3.63, 3.8) is 0 Å². The minimum Gasteiger partial charge on any atom is -0.493 e. The zero-order chi connectivity index (χ0) is 24.4. The molecule has 1 aromatic heterocycles. The largest absolute Gasteiger partial charge is 0.493 e. The first kappa shape index (κ1) is 22.3. The van der Waals surface area contributed by atoms with Gasteiger partial charge in [0.1, 0.15) is 5.75 Å². The van der Waals surface area contributed by atoms with Crippen LogP contribution >= 0.6 is 0 Å². The molecule has 1 N–H and O–H groups in total. The Kier molecular flexibility index (Phi) is 6.02. The fraction of sp³-hybridized carbons (Fsp3) is 0.138. The van der Waals surface area contributed by atoms with Crippen LogP contribution in [0.25, 0.3) is 21.7 Å². The highest BCUT2D eigenvalue weighted by molar-refractivity contribution is 5.95. The summed E-state index contributed by atoms with van der Waals surface area (Å²) in [5.74, 6) is 0.106. The van der Waals surface area contributed by atoms with Crippen LogP contribution < -0.4 is 4.74 Å². The molecular weight excluding hydrogens is 438 g/mol. The average molecular weight is 464 g/mol. The fourth-order valence-electron chi connectivity index (χ4n) is 4.43. The number of aryl methyl sites for hydroxylation is 2. The number of benzene rings is 4. The summed E-state index contributed by atoms with van der Waals surface area (Å²) in [6.45, 7) is 4.08. The minimum atomic E-state index is -0.530. The topological polar surface area (TPSA) is 76.2 Å². The molecule has 6 nitrogen and oxygen atoms in total. The molecule has 0 atom stereocenters. The smallest absolute Gasteiger partial charge is 0.302 e. The zero-order valence-electron chi connectivity index (χ0n) is 19.6. The molecule has 35 heavy (non-hydrogen) atoms. The Labute approximate surface area is 203 Å². The first-order valence-electron chi connectivity index (χ1n) is 11.4. The van der Waals surface area contributed by atoms with Crippen molar-refractivity contribution in [1.29, 1.82) is 0 Å². The van der Waals surface area contributed by atoms with Crippen LogP contribution in [0.1, 0.15) is 16.7 Å². The van der Waals surface area contributed by atoms with Crippen molar-refractivity contribution in [2.24, 2.45) is 10.2 Å². The van der Waals surface area contributed by atoms with Gasteiger partial charge in [-0.25, -0.2) is 0 Å². The summed E-state index contributed by atoms with van der Waals surface area (Å²) in [7, 11) is 0. The number of hydrogen-bond donors (Lipinski definition) is 1. The van der Waals surface area contributed by atoms with Crippen molar-refractivity contribution < 1.29 is 14.6 Å². The van der Waals surface area contributed by atoms with Gasteiger partial charge in [-0.2, -0.15) is 0 Å². The molecule has 0 saturated carbocycles. The maximum Gasteiger partial charge on any atom is 0.302 e. The lowest BCUT2D eigenvalue weighted by atomic mass is 10.0. The van der Waals surface area contributed by atoms with Crippen molar-refractivity contribution in [3.8, 4) is 11.6 Å². The third-order valence-corrected chi connectivity index (χ3v) is 6.14. The molecule has 0 bridgehead atoms. The van der Waals surface area contributed by atoms with Gasteiger partial charge in [0.2, 0.25) is 5.88 Å². The van der Waals surface area contributed by atoms with Crippen LogP contribution in [-0.2, 0) is 11.3 Å². The van der Waals surface area contributed by atoms with Gasteiger partial charge in [-0.15, -0.1) is 10.2 Å². The monoisotopic (exact) mass is 463 g/mol. The van der Waals surface area contributed by atoms with Crippen molar-refractivity contribution in [3.05, 3.63) is 102 Å². The maximum absolute atomic E-state index is 12.4. The van der Waals surface area contributed by atoms with E-state index in [1.54, 1.807) is 4.57 Å². The molecule has 0 fully saturated rings. The Morgan fingerprint density at radius 2 is 1.51 bits per heavy atom. The van der Waals surface area contributed by atoms with Crippen LogP contribution in [0.4, 0.5) is 5.69 Å². The lowest BCUT2D eigenvalue weighted by Gasteiger charge is -2.10. The van der Waals surface area contributed by atoms with Crippen molar-refractivity contribution in [2.75, 3.05) is 6.61 Å². The van der Waals surface area contributed by atoms with Crippen LogP contribution in [-0.4, -0.2) is 22.2 Å². The number of amides is 1. The van der Waals surface area contributed by atoms with Gasteiger partial charge < -0.3 is 14.4 Å². The molecule has 174 valence electrons. The molecule has 5 aromatic rings. The Morgan fingerprint density at radius 3 is 2.31 bits per heavy atom. The fourth-order valence-corrected chi connectivity index (χ4v) is 4.43. The van der Waals surface area contributed by atoms with E-state index in [1.165, 1.54) is 0 Å². The molecule has 0 unspecified atom stereocenters. The SMILES string of the molecule is Cc1cccc(C)c1OCC(=O)N=Nc1c(O)n(Cc2cccc3ccccc23)c2ccccc12. The normalized spacial score (nSPS) is 11.5. The second kappa shape index (κ2) is 9.43. The number of nitrogens with zero attached hydrogens (tertiary/aromatic N) is 3. The molecule has 0 aliphatic carbocycles. The molecular formula is C29H25N3O3. The number of aromatic nitrogens is 1. The van der Waals surface area contributed by atoms with Gasteiger partial charge in [-0.3, -0.25) is 4.79 Å². The number of carbonyl (C=O) groups excluding carboxylic acids is 1. The standard InChI is InChI=1S/C29H25N3O3/c1-19-9-7-10-20(2)28(19)35-18-26(33)30-31-27-24-15-5-6-16-25(24)32(29(27)34)17-22-13-8-12-21-11-3-4-14-23(21)22/h3-16,34H,17-18H2,1-2H3. The maximum atomic E-state index is 12.4. The van der Waals surface area contributed by atoms with E-state index in [9.17, 15) is 9.90 Å². The number of carbonyl (C=O) groups is 1. The van der Waals surface area contributed by atoms with Crippen LogP contribution in [0, 0.1) is 13.8 Å². The number of ether oxygens (including phenoxy) is 1. The number of azo groups is 1. The number of rotatable bonds is 6. The lowest BCUT2D eigenvalue weighted by molar-refractivity contribution is -0.120. The molecule has 0 saturated heterocycles. The molecule has 0 aliphatic heterocycles. The number of para-hydroxylation sites is 2. The third-order valence-electron chi connectivity index (χ3n) is 6.14. The van der Waals surface area contributed by atoms with Gasteiger partial charge in [0.25, 0.3) is 0 Å². The molecule has 0 radical (unpaired) electrons. The van der Waals surface area contributed by atoms with Gasteiger partial charge in [-0.1, -0.05) is 78.9 Å². The van der Waals surface area contributed by atoms with E-state index < -0.39 is 5.91 Å². The highest BCUT2D eigenvalue weighted by Gasteiger charge is 2.18. The summed E-state index contributed by atoms with van der Waals surface area (Å²) in [6, 6.07) is 27.6. The van der Waals surface area contributed by atoms with E-state index >= 15 is 0 Å². The predicted octanol–water partition coefficient (Wildman–Crippen LogP) is 6.85. The van der Waals surface area contributed by atoms with Crippen LogP contribution in [0.5, 0.6) is 11.6 Å². The highest BCUT2D eigenvalue weighted by Crippen LogP contribution is 2.39. The van der Waals surface area contributed by atoms with E-state index in [-0.39, 0.29) is 18.2 Å². The molecule has 1 heterocycles. The van der Waals surface area contributed by atoms with Gasteiger partial charge in [0.05, 0.1) is 12.1 Å². The average Bonchev–Trinajstić information content (AvgIpc) is 3.13. The molecule has 1 amide bonds. The second-order valence-electron chi connectivity index (χ2n) is 8.52. The van der Waals surface area contributed by atoms with Gasteiger partial charge in [0, 0.05) is 5.39 Å². The number of fused-ring (bicyclic) bond motifs is 2. The summed E-state index contributed by atoms with van der Waals surface area (Å²) >= 11 is 0.